The summed E-state index contributed by atoms with van der Waals surface area (Å²) in [5.74, 6) is 1.84. The van der Waals surface area contributed by atoms with Crippen molar-refractivity contribution in [1.82, 2.24) is 19.5 Å². The lowest BCUT2D eigenvalue weighted by molar-refractivity contribution is 0.669. The van der Waals surface area contributed by atoms with Gasteiger partial charge in [-0.3, -0.25) is 0 Å². The van der Waals surface area contributed by atoms with Crippen LogP contribution in [-0.2, 0) is 0 Å². The SMILES string of the molecule is c1ccc(-c2ccc3c(c2)c2ccccc2n3-c2ccc(-c3nc(-c4ccc5c(c4)oc4ccccc45)nc(-c4cccc5c4sc4ccccc45)n3)cc2)cc1. The topological polar surface area (TPSA) is 56.7 Å². The number of para-hydroxylation sites is 2. The van der Waals surface area contributed by atoms with Crippen LogP contribution in [0.5, 0.6) is 0 Å². The molecule has 5 nitrogen and oxygen atoms in total. The number of hydrogen-bond donors (Lipinski definition) is 0. The van der Waals surface area contributed by atoms with Crippen molar-refractivity contribution in [2.75, 3.05) is 0 Å². The van der Waals surface area contributed by atoms with Crippen molar-refractivity contribution in [1.29, 1.82) is 0 Å². The van der Waals surface area contributed by atoms with Crippen LogP contribution < -0.4 is 0 Å². The molecule has 0 spiro atoms. The van der Waals surface area contributed by atoms with Gasteiger partial charge in [-0.2, -0.15) is 0 Å². The summed E-state index contributed by atoms with van der Waals surface area (Å²) in [6.45, 7) is 0. The van der Waals surface area contributed by atoms with Gasteiger partial charge < -0.3 is 8.98 Å². The quantitative estimate of drug-likeness (QED) is 0.176. The molecule has 12 aromatic rings. The van der Waals surface area contributed by atoms with E-state index in [1.165, 1.54) is 37.4 Å². The van der Waals surface area contributed by atoms with Gasteiger partial charge in [-0.25, -0.2) is 15.0 Å². The van der Waals surface area contributed by atoms with E-state index in [1.807, 2.05) is 24.3 Å². The minimum Gasteiger partial charge on any atom is -0.456 e. The van der Waals surface area contributed by atoms with Crippen LogP contribution in [0.3, 0.4) is 0 Å². The van der Waals surface area contributed by atoms with Crippen LogP contribution in [0, 0.1) is 0 Å². The van der Waals surface area contributed by atoms with Crippen molar-refractivity contribution in [3.63, 3.8) is 0 Å². The van der Waals surface area contributed by atoms with Crippen LogP contribution >= 0.6 is 11.3 Å². The normalized spacial score (nSPS) is 11.9. The van der Waals surface area contributed by atoms with Gasteiger partial charge in [0.25, 0.3) is 0 Å². The first-order valence-corrected chi connectivity index (χ1v) is 19.8. The van der Waals surface area contributed by atoms with E-state index in [1.54, 1.807) is 11.3 Å². The van der Waals surface area contributed by atoms with Crippen molar-refractivity contribution in [3.05, 3.63) is 182 Å². The Bertz CT molecular complexity index is 3520. The number of hydrogen-bond acceptors (Lipinski definition) is 5. The highest BCUT2D eigenvalue weighted by molar-refractivity contribution is 7.26. The molecule has 266 valence electrons. The lowest BCUT2D eigenvalue weighted by atomic mass is 10.0. The Morgan fingerprint density at radius 1 is 0.386 bits per heavy atom. The number of aromatic nitrogens is 4. The highest BCUT2D eigenvalue weighted by Gasteiger charge is 2.19. The first kappa shape index (κ1) is 31.9. The summed E-state index contributed by atoms with van der Waals surface area (Å²) in [6.07, 6.45) is 0. The van der Waals surface area contributed by atoms with Gasteiger partial charge in [0.1, 0.15) is 11.2 Å². The van der Waals surface area contributed by atoms with E-state index in [0.717, 1.165) is 60.0 Å². The zero-order chi connectivity index (χ0) is 37.5. The number of benzene rings is 8. The standard InChI is InChI=1S/C51H30N4OS/c1-2-11-31(12-3-1)33-24-28-44-42(29-33)36-13-4-7-18-43(36)55(44)35-25-21-32(22-26-35)49-52-50(34-23-27-38-37-14-5-8-19-45(37)56-46(38)30-34)54-51(53-49)41-17-10-16-40-39-15-6-9-20-47(39)57-48(40)41/h1-30H. The number of nitrogens with zero attached hydrogens (tertiary/aromatic N) is 4. The molecule has 0 atom stereocenters. The molecular formula is C51H30N4OS. The van der Waals surface area contributed by atoms with Gasteiger partial charge in [0.15, 0.2) is 17.5 Å². The molecule has 0 radical (unpaired) electrons. The van der Waals surface area contributed by atoms with Gasteiger partial charge in [-0.05, 0) is 83.9 Å². The molecule has 0 amide bonds. The third kappa shape index (κ3) is 5.12. The molecule has 4 aromatic heterocycles. The fourth-order valence-corrected chi connectivity index (χ4v) is 9.58. The predicted molar refractivity (Wildman–Crippen MR) is 236 cm³/mol. The smallest absolute Gasteiger partial charge is 0.165 e. The molecule has 6 heteroatoms. The summed E-state index contributed by atoms with van der Waals surface area (Å²) in [5.41, 5.74) is 10.2. The molecule has 8 aromatic carbocycles. The molecule has 4 heterocycles. The molecule has 57 heavy (non-hydrogen) atoms. The summed E-state index contributed by atoms with van der Waals surface area (Å²) in [6, 6.07) is 63.9. The second-order valence-electron chi connectivity index (χ2n) is 14.4. The van der Waals surface area contributed by atoms with Gasteiger partial charge in [-0.15, -0.1) is 11.3 Å². The Balaban J connectivity index is 1.02. The second-order valence-corrected chi connectivity index (χ2v) is 15.4. The van der Waals surface area contributed by atoms with E-state index >= 15 is 0 Å². The lowest BCUT2D eigenvalue weighted by Gasteiger charge is -2.11. The van der Waals surface area contributed by atoms with Crippen LogP contribution in [-0.4, -0.2) is 19.5 Å². The fraction of sp³-hybridized carbons (Fsp3) is 0. The number of furan rings is 1. The van der Waals surface area contributed by atoms with Crippen LogP contribution in [0.2, 0.25) is 0 Å². The van der Waals surface area contributed by atoms with E-state index in [9.17, 15) is 0 Å². The highest BCUT2D eigenvalue weighted by atomic mass is 32.1. The Morgan fingerprint density at radius 2 is 1.04 bits per heavy atom. The van der Waals surface area contributed by atoms with Crippen molar-refractivity contribution in [2.45, 2.75) is 0 Å². The molecule has 0 aliphatic heterocycles. The second kappa shape index (κ2) is 12.6. The summed E-state index contributed by atoms with van der Waals surface area (Å²) in [5, 5.41) is 7.04. The summed E-state index contributed by atoms with van der Waals surface area (Å²) < 4.78 is 11.0. The van der Waals surface area contributed by atoms with Crippen LogP contribution in [0.1, 0.15) is 0 Å². The molecule has 0 aliphatic carbocycles. The maximum Gasteiger partial charge on any atom is 0.165 e. The van der Waals surface area contributed by atoms with Crippen LogP contribution in [0.15, 0.2) is 186 Å². The van der Waals surface area contributed by atoms with E-state index in [4.69, 9.17) is 19.4 Å². The van der Waals surface area contributed by atoms with Crippen molar-refractivity contribution in [2.24, 2.45) is 0 Å². The summed E-state index contributed by atoms with van der Waals surface area (Å²) >= 11 is 1.77. The number of fused-ring (bicyclic) bond motifs is 9. The number of thiophene rings is 1. The first-order valence-electron chi connectivity index (χ1n) is 19.0. The van der Waals surface area contributed by atoms with Crippen molar-refractivity contribution < 1.29 is 4.42 Å². The highest BCUT2D eigenvalue weighted by Crippen LogP contribution is 2.41. The zero-order valence-corrected chi connectivity index (χ0v) is 31.2. The molecule has 0 N–H and O–H groups in total. The monoisotopic (exact) mass is 746 g/mol. The lowest BCUT2D eigenvalue weighted by Crippen LogP contribution is -2.00. The van der Waals surface area contributed by atoms with E-state index in [0.29, 0.717) is 17.5 Å². The van der Waals surface area contributed by atoms with Crippen LogP contribution in [0.4, 0.5) is 0 Å². The summed E-state index contributed by atoms with van der Waals surface area (Å²) in [4.78, 5) is 15.5. The van der Waals surface area contributed by atoms with Crippen molar-refractivity contribution >= 4 is 75.3 Å². The Morgan fingerprint density at radius 3 is 1.91 bits per heavy atom. The van der Waals surface area contributed by atoms with Gasteiger partial charge >= 0.3 is 0 Å². The molecule has 0 unspecified atom stereocenters. The number of rotatable bonds is 5. The fourth-order valence-electron chi connectivity index (χ4n) is 8.36. The Hall–Kier alpha value is -7.41. The van der Waals surface area contributed by atoms with E-state index in [2.05, 4.69) is 162 Å². The minimum absolute atomic E-state index is 0.594. The van der Waals surface area contributed by atoms with Gasteiger partial charge in [0.2, 0.25) is 0 Å². The van der Waals surface area contributed by atoms with Gasteiger partial charge in [0, 0.05) is 64.1 Å². The first-order chi connectivity index (χ1) is 28.2. The van der Waals surface area contributed by atoms with Gasteiger partial charge in [-0.1, -0.05) is 109 Å². The van der Waals surface area contributed by atoms with Gasteiger partial charge in [0.05, 0.1) is 11.0 Å². The van der Waals surface area contributed by atoms with E-state index < -0.39 is 0 Å². The molecular weight excluding hydrogens is 717 g/mol. The largest absolute Gasteiger partial charge is 0.456 e. The Labute approximate surface area is 330 Å². The molecule has 0 aliphatic rings. The maximum absolute atomic E-state index is 6.30. The molecule has 0 saturated carbocycles. The molecule has 0 bridgehead atoms. The average Bonchev–Trinajstić information content (AvgIpc) is 3.96. The summed E-state index contributed by atoms with van der Waals surface area (Å²) in [7, 11) is 0. The van der Waals surface area contributed by atoms with Crippen molar-refractivity contribution in [3.8, 4) is 51.0 Å². The maximum atomic E-state index is 6.30. The Kier molecular flexibility index (Phi) is 7.03. The minimum atomic E-state index is 0.594. The zero-order valence-electron chi connectivity index (χ0n) is 30.4. The third-order valence-corrected chi connectivity index (χ3v) is 12.3. The molecule has 0 fully saturated rings. The predicted octanol–water partition coefficient (Wildman–Crippen LogP) is 13.9. The van der Waals surface area contributed by atoms with E-state index in [-0.39, 0.29) is 0 Å². The molecule has 0 saturated heterocycles. The third-order valence-electron chi connectivity index (χ3n) is 11.1. The average molecular weight is 747 g/mol. The molecule has 12 rings (SSSR count). The van der Waals surface area contributed by atoms with Crippen LogP contribution in [0.25, 0.3) is 115 Å².